The van der Waals surface area contributed by atoms with E-state index in [-0.39, 0.29) is 17.5 Å². The maximum atomic E-state index is 14.8. The first-order valence-electron chi connectivity index (χ1n) is 12.9. The second-order valence-corrected chi connectivity index (χ2v) is 11.3. The number of hydrogen-bond acceptors (Lipinski definition) is 5. The number of carbonyl (C=O) groups is 3. The van der Waals surface area contributed by atoms with Gasteiger partial charge in [0.2, 0.25) is 5.91 Å². The SMILES string of the molecule is COc1ccccc1C(=O)C1C(C(=O)C(C)(C)C)N2C=Cc3ccccc3C2C12C(=O)Nc1ccccc12. The lowest BCUT2D eigenvalue weighted by Crippen LogP contribution is -2.50. The highest BCUT2D eigenvalue weighted by Crippen LogP contribution is 2.62. The number of ketones is 2. The third kappa shape index (κ3) is 3.16. The fourth-order valence-corrected chi connectivity index (χ4v) is 6.63. The molecule has 192 valence electrons. The highest BCUT2D eigenvalue weighted by Gasteiger charge is 2.71. The van der Waals surface area contributed by atoms with Crippen LogP contribution in [0.1, 0.15) is 53.9 Å². The van der Waals surface area contributed by atoms with E-state index in [4.69, 9.17) is 4.74 Å². The van der Waals surface area contributed by atoms with Gasteiger partial charge in [0.25, 0.3) is 0 Å². The summed E-state index contributed by atoms with van der Waals surface area (Å²) < 4.78 is 5.58. The minimum Gasteiger partial charge on any atom is -0.496 e. The number of benzene rings is 3. The second kappa shape index (κ2) is 8.42. The van der Waals surface area contributed by atoms with Crippen LogP contribution in [-0.2, 0) is 15.0 Å². The molecule has 6 heteroatoms. The molecule has 1 spiro atoms. The minimum atomic E-state index is -1.33. The average molecular weight is 507 g/mol. The van der Waals surface area contributed by atoms with E-state index >= 15 is 0 Å². The van der Waals surface area contributed by atoms with E-state index in [0.717, 1.165) is 16.7 Å². The fourth-order valence-electron chi connectivity index (χ4n) is 6.63. The van der Waals surface area contributed by atoms with Gasteiger partial charge in [-0.2, -0.15) is 0 Å². The zero-order chi connectivity index (χ0) is 26.8. The topological polar surface area (TPSA) is 75.7 Å². The van der Waals surface area contributed by atoms with Crippen molar-refractivity contribution in [3.05, 3.63) is 101 Å². The molecule has 1 N–H and O–H groups in total. The number of amides is 1. The number of nitrogens with one attached hydrogen (secondary N) is 1. The smallest absolute Gasteiger partial charge is 0.238 e. The van der Waals surface area contributed by atoms with Crippen molar-refractivity contribution in [1.82, 2.24) is 4.90 Å². The Morgan fingerprint density at radius 2 is 1.63 bits per heavy atom. The number of rotatable bonds is 4. The van der Waals surface area contributed by atoms with Crippen molar-refractivity contribution in [2.45, 2.75) is 38.3 Å². The predicted octanol–water partition coefficient (Wildman–Crippen LogP) is 5.41. The van der Waals surface area contributed by atoms with Crippen molar-refractivity contribution in [1.29, 1.82) is 0 Å². The van der Waals surface area contributed by atoms with Crippen molar-refractivity contribution in [3.63, 3.8) is 0 Å². The number of fused-ring (bicyclic) bond motifs is 6. The van der Waals surface area contributed by atoms with Gasteiger partial charge >= 0.3 is 0 Å². The monoisotopic (exact) mass is 506 g/mol. The molecule has 0 radical (unpaired) electrons. The molecule has 3 heterocycles. The van der Waals surface area contributed by atoms with E-state index in [1.807, 2.05) is 86.5 Å². The summed E-state index contributed by atoms with van der Waals surface area (Å²) in [4.78, 5) is 45.4. The number of Topliss-reactive ketones (excluding diaryl/α,β-unsaturated/α-hetero) is 2. The van der Waals surface area contributed by atoms with Gasteiger partial charge in [0, 0.05) is 17.3 Å². The number of methoxy groups -OCH3 is 1. The van der Waals surface area contributed by atoms with Crippen LogP contribution >= 0.6 is 0 Å². The van der Waals surface area contributed by atoms with Gasteiger partial charge in [-0.3, -0.25) is 14.4 Å². The Labute approximate surface area is 222 Å². The summed E-state index contributed by atoms with van der Waals surface area (Å²) in [6.45, 7) is 5.60. The number of carbonyl (C=O) groups excluding carboxylic acids is 3. The standard InChI is InChI=1S/C32H30N2O4/c1-31(2,3)29(36)26-25(27(35)21-13-7-10-16-24(21)38-4)32(22-14-8-9-15-23(22)33-30(32)37)28-20-12-6-5-11-19(20)17-18-34(26)28/h5-18,25-26,28H,1-4H3,(H,33,37). The maximum Gasteiger partial charge on any atom is 0.238 e. The van der Waals surface area contributed by atoms with E-state index in [1.54, 1.807) is 24.3 Å². The van der Waals surface area contributed by atoms with E-state index in [9.17, 15) is 14.4 Å². The van der Waals surface area contributed by atoms with Crippen LogP contribution in [0.15, 0.2) is 79.0 Å². The van der Waals surface area contributed by atoms with Crippen LogP contribution in [0.2, 0.25) is 0 Å². The van der Waals surface area contributed by atoms with Crippen molar-refractivity contribution in [2.75, 3.05) is 12.4 Å². The first-order chi connectivity index (χ1) is 18.2. The van der Waals surface area contributed by atoms with Gasteiger partial charge in [0.05, 0.1) is 30.7 Å². The zero-order valence-corrected chi connectivity index (χ0v) is 21.9. The molecule has 3 aromatic rings. The Morgan fingerprint density at radius 3 is 2.39 bits per heavy atom. The maximum absolute atomic E-state index is 14.8. The van der Waals surface area contributed by atoms with Crippen molar-refractivity contribution >= 4 is 29.2 Å². The summed E-state index contributed by atoms with van der Waals surface area (Å²) in [5.74, 6) is -1.21. The van der Waals surface area contributed by atoms with Crippen molar-refractivity contribution in [2.24, 2.45) is 11.3 Å². The van der Waals surface area contributed by atoms with Crippen LogP contribution in [0.5, 0.6) is 5.75 Å². The largest absolute Gasteiger partial charge is 0.496 e. The summed E-state index contributed by atoms with van der Waals surface area (Å²) in [5.41, 5.74) is 1.58. The molecule has 0 bridgehead atoms. The lowest BCUT2D eigenvalue weighted by atomic mass is 9.62. The normalized spacial score (nSPS) is 25.0. The molecule has 3 aromatic carbocycles. The van der Waals surface area contributed by atoms with Gasteiger partial charge in [0.1, 0.15) is 11.2 Å². The molecule has 1 fully saturated rings. The Balaban J connectivity index is 1.70. The summed E-state index contributed by atoms with van der Waals surface area (Å²) in [7, 11) is 1.52. The van der Waals surface area contributed by atoms with E-state index in [2.05, 4.69) is 5.32 Å². The molecule has 0 aromatic heterocycles. The lowest BCUT2D eigenvalue weighted by molar-refractivity contribution is -0.131. The zero-order valence-electron chi connectivity index (χ0n) is 21.9. The third-order valence-electron chi connectivity index (χ3n) is 8.23. The Hall–Kier alpha value is -4.19. The summed E-state index contributed by atoms with van der Waals surface area (Å²) in [6, 6.07) is 21.1. The molecular weight excluding hydrogens is 476 g/mol. The molecule has 1 amide bonds. The van der Waals surface area contributed by atoms with E-state index in [1.165, 1.54) is 7.11 Å². The Morgan fingerprint density at radius 1 is 0.947 bits per heavy atom. The minimum absolute atomic E-state index is 0.0890. The molecule has 0 aliphatic carbocycles. The van der Waals surface area contributed by atoms with Crippen molar-refractivity contribution < 1.29 is 19.1 Å². The fraction of sp³-hybridized carbons (Fsp3) is 0.281. The first-order valence-corrected chi connectivity index (χ1v) is 12.9. The van der Waals surface area contributed by atoms with Gasteiger partial charge in [-0.25, -0.2) is 0 Å². The summed E-state index contributed by atoms with van der Waals surface area (Å²) in [6.07, 6.45) is 3.87. The van der Waals surface area contributed by atoms with E-state index < -0.39 is 28.8 Å². The van der Waals surface area contributed by atoms with E-state index in [0.29, 0.717) is 17.0 Å². The third-order valence-corrected chi connectivity index (χ3v) is 8.23. The Kier molecular flexibility index (Phi) is 5.35. The molecule has 6 rings (SSSR count). The van der Waals surface area contributed by atoms with Crippen LogP contribution in [-0.4, -0.2) is 35.5 Å². The van der Waals surface area contributed by atoms with Gasteiger partial charge in [-0.1, -0.05) is 75.4 Å². The molecular formula is C32H30N2O4. The van der Waals surface area contributed by atoms with Gasteiger partial charge in [-0.15, -0.1) is 0 Å². The molecule has 6 nitrogen and oxygen atoms in total. The molecule has 4 atom stereocenters. The number of nitrogens with zero attached hydrogens (tertiary/aromatic N) is 1. The predicted molar refractivity (Wildman–Crippen MR) is 146 cm³/mol. The van der Waals surface area contributed by atoms with Gasteiger partial charge < -0.3 is 15.0 Å². The Bertz CT molecular complexity index is 1520. The highest BCUT2D eigenvalue weighted by atomic mass is 16.5. The summed E-state index contributed by atoms with van der Waals surface area (Å²) >= 11 is 0. The number of anilines is 1. The first kappa shape index (κ1) is 24.2. The lowest BCUT2D eigenvalue weighted by Gasteiger charge is -2.38. The molecule has 3 aliphatic heterocycles. The molecule has 3 aliphatic rings. The van der Waals surface area contributed by atoms with Crippen LogP contribution in [0.3, 0.4) is 0 Å². The van der Waals surface area contributed by atoms with Gasteiger partial charge in [0.15, 0.2) is 11.6 Å². The quantitative estimate of drug-likeness (QED) is 0.479. The molecule has 1 saturated heterocycles. The van der Waals surface area contributed by atoms with Crippen molar-refractivity contribution in [3.8, 4) is 5.75 Å². The van der Waals surface area contributed by atoms with Crippen LogP contribution in [0.4, 0.5) is 5.69 Å². The average Bonchev–Trinajstić information content (AvgIpc) is 3.39. The van der Waals surface area contributed by atoms with Gasteiger partial charge in [-0.05, 0) is 41.0 Å². The van der Waals surface area contributed by atoms with Crippen LogP contribution in [0.25, 0.3) is 6.08 Å². The van der Waals surface area contributed by atoms with Crippen LogP contribution < -0.4 is 10.1 Å². The molecule has 38 heavy (non-hydrogen) atoms. The number of hydrogen-bond donors (Lipinski definition) is 1. The van der Waals surface area contributed by atoms with Crippen LogP contribution in [0, 0.1) is 11.3 Å². The second-order valence-electron chi connectivity index (χ2n) is 11.3. The number of ether oxygens (including phenoxy) is 1. The molecule has 4 unspecified atom stereocenters. The highest BCUT2D eigenvalue weighted by molar-refractivity contribution is 6.16. The summed E-state index contributed by atoms with van der Waals surface area (Å²) in [5, 5.41) is 3.07. The number of para-hydroxylation sites is 2. The molecule has 0 saturated carbocycles.